The molecule has 1 fully saturated rings. The van der Waals surface area contributed by atoms with Crippen LogP contribution in [0.4, 0.5) is 0 Å². The van der Waals surface area contributed by atoms with Gasteiger partial charge in [0, 0.05) is 0 Å². The molecule has 1 aromatic carbocycles. The third-order valence-electron chi connectivity index (χ3n) is 3.83. The Hall–Kier alpha value is -1.35. The van der Waals surface area contributed by atoms with Crippen LogP contribution in [0.5, 0.6) is 0 Å². The van der Waals surface area contributed by atoms with Crippen LogP contribution in [0.15, 0.2) is 30.3 Å². The van der Waals surface area contributed by atoms with Crippen molar-refractivity contribution in [2.45, 2.75) is 43.6 Å². The molecule has 1 aromatic rings. The molecule has 0 heterocycles. The van der Waals surface area contributed by atoms with Crippen molar-refractivity contribution in [3.63, 3.8) is 0 Å². The van der Waals surface area contributed by atoms with E-state index in [1.165, 1.54) is 7.11 Å². The molecule has 3 nitrogen and oxygen atoms in total. The molecule has 3 heteroatoms. The zero-order valence-electron chi connectivity index (χ0n) is 10.8. The summed E-state index contributed by atoms with van der Waals surface area (Å²) in [4.78, 5) is 12.0. The quantitative estimate of drug-likeness (QED) is 0.836. The van der Waals surface area contributed by atoms with Crippen molar-refractivity contribution in [2.75, 3.05) is 7.11 Å². The fraction of sp³-hybridized carbons (Fsp3) is 0.533. The molecule has 18 heavy (non-hydrogen) atoms. The first-order valence-electron chi connectivity index (χ1n) is 6.52. The Kier molecular flexibility index (Phi) is 4.02. The van der Waals surface area contributed by atoms with Gasteiger partial charge in [-0.25, -0.2) is 0 Å². The fourth-order valence-electron chi connectivity index (χ4n) is 2.88. The van der Waals surface area contributed by atoms with Gasteiger partial charge in [-0.2, -0.15) is 0 Å². The molecule has 0 radical (unpaired) electrons. The molecule has 0 aliphatic heterocycles. The Morgan fingerprint density at radius 3 is 2.39 bits per heavy atom. The number of ether oxygens (including phenoxy) is 1. The van der Waals surface area contributed by atoms with E-state index < -0.39 is 11.5 Å². The molecule has 2 rings (SSSR count). The topological polar surface area (TPSA) is 46.5 Å². The third kappa shape index (κ3) is 2.56. The normalized spacial score (nSPS) is 20.1. The summed E-state index contributed by atoms with van der Waals surface area (Å²) in [5, 5.41) is 10.8. The van der Waals surface area contributed by atoms with Crippen LogP contribution in [0.25, 0.3) is 0 Å². The van der Waals surface area contributed by atoms with Gasteiger partial charge in [0.05, 0.1) is 12.7 Å². The first-order valence-corrected chi connectivity index (χ1v) is 6.52. The summed E-state index contributed by atoms with van der Waals surface area (Å²) in [7, 11) is 1.38. The van der Waals surface area contributed by atoms with Gasteiger partial charge in [0.1, 0.15) is 5.92 Å². The highest BCUT2D eigenvalue weighted by Gasteiger charge is 2.43. The van der Waals surface area contributed by atoms with Gasteiger partial charge in [-0.15, -0.1) is 0 Å². The predicted molar refractivity (Wildman–Crippen MR) is 69.2 cm³/mol. The molecular formula is C15H20O3. The minimum Gasteiger partial charge on any atom is -0.468 e. The van der Waals surface area contributed by atoms with Crippen LogP contribution < -0.4 is 0 Å². The van der Waals surface area contributed by atoms with Crippen LogP contribution in [0, 0.1) is 0 Å². The van der Waals surface area contributed by atoms with E-state index in [2.05, 4.69) is 0 Å². The number of hydrogen-bond acceptors (Lipinski definition) is 3. The largest absolute Gasteiger partial charge is 0.468 e. The van der Waals surface area contributed by atoms with Crippen LogP contribution in [0.3, 0.4) is 0 Å². The van der Waals surface area contributed by atoms with Crippen molar-refractivity contribution in [1.29, 1.82) is 0 Å². The average Bonchev–Trinajstić information content (AvgIpc) is 2.40. The van der Waals surface area contributed by atoms with Gasteiger partial charge in [-0.3, -0.25) is 4.79 Å². The van der Waals surface area contributed by atoms with E-state index >= 15 is 0 Å². The van der Waals surface area contributed by atoms with Crippen molar-refractivity contribution < 1.29 is 14.6 Å². The minimum absolute atomic E-state index is 0.342. The molecule has 98 valence electrons. The number of benzene rings is 1. The molecule has 0 saturated heterocycles. The Morgan fingerprint density at radius 1 is 1.22 bits per heavy atom. The summed E-state index contributed by atoms with van der Waals surface area (Å²) in [6.07, 6.45) is 4.40. The van der Waals surface area contributed by atoms with Crippen LogP contribution >= 0.6 is 0 Å². The summed E-state index contributed by atoms with van der Waals surface area (Å²) < 4.78 is 4.89. The summed E-state index contributed by atoms with van der Waals surface area (Å²) >= 11 is 0. The van der Waals surface area contributed by atoms with Crippen LogP contribution in [0.1, 0.15) is 43.6 Å². The van der Waals surface area contributed by atoms with Crippen molar-refractivity contribution in [1.82, 2.24) is 0 Å². The van der Waals surface area contributed by atoms with E-state index in [4.69, 9.17) is 4.74 Å². The Morgan fingerprint density at radius 2 is 1.83 bits per heavy atom. The van der Waals surface area contributed by atoms with Crippen molar-refractivity contribution >= 4 is 5.97 Å². The molecule has 0 aromatic heterocycles. The van der Waals surface area contributed by atoms with E-state index in [0.29, 0.717) is 12.8 Å². The molecule has 0 amide bonds. The second kappa shape index (κ2) is 5.53. The molecule has 1 N–H and O–H groups in total. The van der Waals surface area contributed by atoms with Gasteiger partial charge in [-0.05, 0) is 18.4 Å². The first-order chi connectivity index (χ1) is 8.67. The number of rotatable bonds is 3. The number of carbonyl (C=O) groups is 1. The lowest BCUT2D eigenvalue weighted by Gasteiger charge is -2.37. The van der Waals surface area contributed by atoms with Gasteiger partial charge in [-0.1, -0.05) is 49.6 Å². The maximum absolute atomic E-state index is 12.0. The minimum atomic E-state index is -0.952. The van der Waals surface area contributed by atoms with Gasteiger partial charge in [0.25, 0.3) is 0 Å². The van der Waals surface area contributed by atoms with Crippen LogP contribution in [-0.4, -0.2) is 23.8 Å². The molecule has 1 atom stereocenters. The first kappa shape index (κ1) is 13.1. The Balaban J connectivity index is 2.33. The van der Waals surface area contributed by atoms with Gasteiger partial charge in [0.2, 0.25) is 0 Å². The number of aliphatic hydroxyl groups is 1. The van der Waals surface area contributed by atoms with Crippen molar-refractivity contribution in [3.8, 4) is 0 Å². The highest BCUT2D eigenvalue weighted by Crippen LogP contribution is 2.40. The van der Waals surface area contributed by atoms with E-state index in [0.717, 1.165) is 24.8 Å². The van der Waals surface area contributed by atoms with Gasteiger partial charge < -0.3 is 9.84 Å². The van der Waals surface area contributed by atoms with Crippen molar-refractivity contribution in [3.05, 3.63) is 35.9 Å². The Labute approximate surface area is 108 Å². The summed E-state index contributed by atoms with van der Waals surface area (Å²) in [6.45, 7) is 0. The van der Waals surface area contributed by atoms with Gasteiger partial charge in [0.15, 0.2) is 0 Å². The second-order valence-electron chi connectivity index (χ2n) is 5.03. The fourth-order valence-corrected chi connectivity index (χ4v) is 2.88. The smallest absolute Gasteiger partial charge is 0.316 e. The summed E-state index contributed by atoms with van der Waals surface area (Å²) in [5.41, 5.74) is -0.110. The maximum Gasteiger partial charge on any atom is 0.316 e. The van der Waals surface area contributed by atoms with E-state index in [9.17, 15) is 9.90 Å². The maximum atomic E-state index is 12.0. The molecule has 0 bridgehead atoms. The van der Waals surface area contributed by atoms with Gasteiger partial charge >= 0.3 is 5.97 Å². The molecule has 1 aliphatic carbocycles. The Bertz CT molecular complexity index is 393. The standard InChI is InChI=1S/C15H20O3/c1-18-14(16)13(12-8-4-2-5-9-12)15(17)10-6-3-7-11-15/h2,4-5,8-9,13,17H,3,6-7,10-11H2,1H3/t13-/m1/s1. The zero-order chi connectivity index (χ0) is 13.0. The molecule has 0 spiro atoms. The SMILES string of the molecule is COC(=O)[C@@H](c1ccccc1)C1(O)CCCCC1. The lowest BCUT2D eigenvalue weighted by Crippen LogP contribution is -2.42. The summed E-state index contributed by atoms with van der Waals surface area (Å²) in [5.74, 6) is -0.908. The van der Waals surface area contributed by atoms with Crippen molar-refractivity contribution in [2.24, 2.45) is 0 Å². The second-order valence-corrected chi connectivity index (χ2v) is 5.03. The average molecular weight is 248 g/mol. The van der Waals surface area contributed by atoms with Crippen LogP contribution in [0.2, 0.25) is 0 Å². The van der Waals surface area contributed by atoms with Crippen LogP contribution in [-0.2, 0) is 9.53 Å². The molecule has 1 saturated carbocycles. The van der Waals surface area contributed by atoms with E-state index in [1.807, 2.05) is 30.3 Å². The monoisotopic (exact) mass is 248 g/mol. The predicted octanol–water partition coefficient (Wildman–Crippen LogP) is 2.64. The number of carbonyl (C=O) groups excluding carboxylic acids is 1. The highest BCUT2D eigenvalue weighted by molar-refractivity contribution is 5.79. The highest BCUT2D eigenvalue weighted by atomic mass is 16.5. The number of methoxy groups -OCH3 is 1. The van der Waals surface area contributed by atoms with E-state index in [1.54, 1.807) is 0 Å². The van der Waals surface area contributed by atoms with E-state index in [-0.39, 0.29) is 5.97 Å². The third-order valence-corrected chi connectivity index (χ3v) is 3.83. The lowest BCUT2D eigenvalue weighted by atomic mass is 9.73. The lowest BCUT2D eigenvalue weighted by molar-refractivity contribution is -0.151. The zero-order valence-corrected chi connectivity index (χ0v) is 10.8. The molecule has 1 aliphatic rings. The summed E-state index contributed by atoms with van der Waals surface area (Å²) in [6, 6.07) is 9.44. The molecule has 0 unspecified atom stereocenters. The number of hydrogen-bond donors (Lipinski definition) is 1. The number of esters is 1. The molecular weight excluding hydrogens is 228 g/mol.